The zero-order chi connectivity index (χ0) is 13.0. The van der Waals surface area contributed by atoms with Crippen molar-refractivity contribution in [3.63, 3.8) is 0 Å². The Morgan fingerprint density at radius 3 is 2.00 bits per heavy atom. The molecule has 5 heteroatoms. The molecule has 0 aliphatic heterocycles. The van der Waals surface area contributed by atoms with Crippen molar-refractivity contribution in [1.29, 1.82) is 0 Å². The molecule has 0 aromatic heterocycles. The minimum absolute atomic E-state index is 0.0207. The van der Waals surface area contributed by atoms with Gasteiger partial charge in [0.1, 0.15) is 9.84 Å². The van der Waals surface area contributed by atoms with Gasteiger partial charge in [0.25, 0.3) is 0 Å². The average Bonchev–Trinajstić information content (AvgIpc) is 1.97. The lowest BCUT2D eigenvalue weighted by atomic mass is 9.98. The molecule has 0 saturated carbocycles. The smallest absolute Gasteiger partial charge is 0.147 e. The van der Waals surface area contributed by atoms with Crippen molar-refractivity contribution in [2.24, 2.45) is 0 Å². The molecular formula is C11H25NO3S. The molecule has 0 fully saturated rings. The molecule has 0 rings (SSSR count). The van der Waals surface area contributed by atoms with Crippen molar-refractivity contribution >= 4 is 9.84 Å². The van der Waals surface area contributed by atoms with Crippen molar-refractivity contribution in [3.8, 4) is 0 Å². The molecule has 0 radical (unpaired) electrons. The van der Waals surface area contributed by atoms with Gasteiger partial charge in [0, 0.05) is 11.8 Å². The molecule has 0 aliphatic rings. The lowest BCUT2D eigenvalue weighted by molar-refractivity contribution is 0.0465. The Labute approximate surface area is 99.4 Å². The zero-order valence-electron chi connectivity index (χ0n) is 11.0. The Balaban J connectivity index is 3.97. The van der Waals surface area contributed by atoms with Crippen LogP contribution < -0.4 is 5.32 Å². The van der Waals surface area contributed by atoms with Crippen LogP contribution in [0.1, 0.15) is 40.5 Å². The highest BCUT2D eigenvalue weighted by atomic mass is 32.2. The molecule has 0 aliphatic carbocycles. The standard InChI is InChI=1S/C11H25NO3S/c1-10(2,3)12-8-6-11(4,13)7-9-16(5,14)15/h12-13H,6-9H2,1-5H3. The Morgan fingerprint density at radius 2 is 1.62 bits per heavy atom. The number of sulfone groups is 1. The van der Waals surface area contributed by atoms with E-state index >= 15 is 0 Å². The van der Waals surface area contributed by atoms with E-state index in [-0.39, 0.29) is 17.7 Å². The van der Waals surface area contributed by atoms with E-state index in [0.717, 1.165) is 0 Å². The van der Waals surface area contributed by atoms with E-state index in [1.54, 1.807) is 6.92 Å². The summed E-state index contributed by atoms with van der Waals surface area (Å²) in [7, 11) is -2.99. The van der Waals surface area contributed by atoms with Gasteiger partial charge in [0.05, 0.1) is 11.4 Å². The maximum absolute atomic E-state index is 11.0. The predicted molar refractivity (Wildman–Crippen MR) is 67.3 cm³/mol. The van der Waals surface area contributed by atoms with Crippen LogP contribution in [0.25, 0.3) is 0 Å². The van der Waals surface area contributed by atoms with Gasteiger partial charge in [-0.25, -0.2) is 8.42 Å². The predicted octanol–water partition coefficient (Wildman–Crippen LogP) is 0.950. The first-order valence-electron chi connectivity index (χ1n) is 5.56. The van der Waals surface area contributed by atoms with Crippen LogP contribution in [0, 0.1) is 0 Å². The van der Waals surface area contributed by atoms with Crippen LogP contribution in [0.4, 0.5) is 0 Å². The normalized spacial score (nSPS) is 17.1. The highest BCUT2D eigenvalue weighted by Gasteiger charge is 2.22. The minimum Gasteiger partial charge on any atom is -0.390 e. The van der Waals surface area contributed by atoms with Gasteiger partial charge >= 0.3 is 0 Å². The number of rotatable bonds is 6. The van der Waals surface area contributed by atoms with Crippen molar-refractivity contribution < 1.29 is 13.5 Å². The van der Waals surface area contributed by atoms with E-state index < -0.39 is 15.4 Å². The van der Waals surface area contributed by atoms with Gasteiger partial charge < -0.3 is 10.4 Å². The summed E-state index contributed by atoms with van der Waals surface area (Å²) in [5.41, 5.74) is -0.895. The summed E-state index contributed by atoms with van der Waals surface area (Å²) in [5.74, 6) is 0.0372. The Hall–Kier alpha value is -0.130. The quantitative estimate of drug-likeness (QED) is 0.737. The zero-order valence-corrected chi connectivity index (χ0v) is 11.8. The van der Waals surface area contributed by atoms with E-state index in [9.17, 15) is 13.5 Å². The molecule has 2 N–H and O–H groups in total. The van der Waals surface area contributed by atoms with Gasteiger partial charge in [-0.3, -0.25) is 0 Å². The van der Waals surface area contributed by atoms with E-state index in [1.807, 2.05) is 0 Å². The first kappa shape index (κ1) is 15.9. The molecule has 0 aromatic carbocycles. The summed E-state index contributed by atoms with van der Waals surface area (Å²) in [6.07, 6.45) is 2.04. The fourth-order valence-electron chi connectivity index (χ4n) is 1.24. The van der Waals surface area contributed by atoms with Crippen LogP contribution in [0.3, 0.4) is 0 Å². The minimum atomic E-state index is -2.99. The van der Waals surface area contributed by atoms with Crippen LogP contribution in [0.2, 0.25) is 0 Å². The van der Waals surface area contributed by atoms with Crippen molar-refractivity contribution in [2.45, 2.75) is 51.7 Å². The van der Waals surface area contributed by atoms with Crippen molar-refractivity contribution in [3.05, 3.63) is 0 Å². The van der Waals surface area contributed by atoms with Gasteiger partial charge in [0.15, 0.2) is 0 Å². The van der Waals surface area contributed by atoms with E-state index in [0.29, 0.717) is 13.0 Å². The van der Waals surface area contributed by atoms with E-state index in [1.165, 1.54) is 6.26 Å². The summed E-state index contributed by atoms with van der Waals surface area (Å²) in [6, 6.07) is 0. The van der Waals surface area contributed by atoms with Gasteiger partial charge in [-0.15, -0.1) is 0 Å². The fraction of sp³-hybridized carbons (Fsp3) is 1.00. The summed E-state index contributed by atoms with van der Waals surface area (Å²) >= 11 is 0. The second-order valence-corrected chi connectivity index (χ2v) is 8.06. The summed E-state index contributed by atoms with van der Waals surface area (Å²) in [6.45, 7) is 8.53. The van der Waals surface area contributed by atoms with Crippen LogP contribution in [0.5, 0.6) is 0 Å². The van der Waals surface area contributed by atoms with Gasteiger partial charge in [-0.1, -0.05) is 0 Å². The Bertz CT molecular complexity index is 302. The molecule has 0 bridgehead atoms. The fourth-order valence-corrected chi connectivity index (χ4v) is 2.05. The molecule has 4 nitrogen and oxygen atoms in total. The Kier molecular flexibility index (Phi) is 5.42. The molecule has 0 amide bonds. The van der Waals surface area contributed by atoms with Crippen LogP contribution in [0.15, 0.2) is 0 Å². The summed E-state index contributed by atoms with van der Waals surface area (Å²) in [4.78, 5) is 0. The largest absolute Gasteiger partial charge is 0.390 e. The molecule has 16 heavy (non-hydrogen) atoms. The highest BCUT2D eigenvalue weighted by molar-refractivity contribution is 7.90. The van der Waals surface area contributed by atoms with Crippen LogP contribution in [-0.2, 0) is 9.84 Å². The molecule has 0 saturated heterocycles. The lowest BCUT2D eigenvalue weighted by Crippen LogP contribution is -2.40. The molecule has 0 heterocycles. The lowest BCUT2D eigenvalue weighted by Gasteiger charge is -2.26. The number of aliphatic hydroxyl groups is 1. The van der Waals surface area contributed by atoms with E-state index in [4.69, 9.17) is 0 Å². The summed E-state index contributed by atoms with van der Waals surface area (Å²) < 4.78 is 22.0. The third-order valence-corrected chi connectivity index (χ3v) is 3.28. The number of hydrogen-bond donors (Lipinski definition) is 2. The molecule has 1 unspecified atom stereocenters. The summed E-state index contributed by atoms with van der Waals surface area (Å²) in [5, 5.41) is 13.2. The van der Waals surface area contributed by atoms with Crippen LogP contribution >= 0.6 is 0 Å². The third-order valence-electron chi connectivity index (χ3n) is 2.33. The SMILES string of the molecule is CC(O)(CCNC(C)(C)C)CCS(C)(=O)=O. The second kappa shape index (κ2) is 5.47. The molecular weight excluding hydrogens is 226 g/mol. The second-order valence-electron chi connectivity index (χ2n) is 5.80. The van der Waals surface area contributed by atoms with Gasteiger partial charge in [-0.2, -0.15) is 0 Å². The first-order valence-corrected chi connectivity index (χ1v) is 7.63. The topological polar surface area (TPSA) is 66.4 Å². The van der Waals surface area contributed by atoms with Crippen LogP contribution in [-0.4, -0.2) is 43.2 Å². The average molecular weight is 251 g/mol. The maximum Gasteiger partial charge on any atom is 0.147 e. The van der Waals surface area contributed by atoms with E-state index in [2.05, 4.69) is 26.1 Å². The maximum atomic E-state index is 11.0. The molecule has 98 valence electrons. The highest BCUT2D eigenvalue weighted by Crippen LogP contribution is 2.15. The molecule has 0 spiro atoms. The Morgan fingerprint density at radius 1 is 1.12 bits per heavy atom. The molecule has 0 aromatic rings. The number of hydrogen-bond acceptors (Lipinski definition) is 4. The van der Waals surface area contributed by atoms with Gasteiger partial charge in [-0.05, 0) is 47.1 Å². The van der Waals surface area contributed by atoms with Crippen molar-refractivity contribution in [1.82, 2.24) is 5.32 Å². The van der Waals surface area contributed by atoms with Crippen molar-refractivity contribution in [2.75, 3.05) is 18.6 Å². The first-order chi connectivity index (χ1) is 6.91. The van der Waals surface area contributed by atoms with Gasteiger partial charge in [0.2, 0.25) is 0 Å². The third kappa shape index (κ3) is 10.4. The molecule has 1 atom stereocenters. The number of nitrogens with one attached hydrogen (secondary N) is 1. The monoisotopic (exact) mass is 251 g/mol.